The lowest BCUT2D eigenvalue weighted by Crippen LogP contribution is -2.35. The summed E-state index contributed by atoms with van der Waals surface area (Å²) in [6, 6.07) is 7.22. The van der Waals surface area contributed by atoms with Gasteiger partial charge in [-0.05, 0) is 41.8 Å². The number of pyridine rings is 1. The van der Waals surface area contributed by atoms with E-state index in [1.165, 1.54) is 25.3 Å². The molecule has 0 radical (unpaired) electrons. The van der Waals surface area contributed by atoms with Gasteiger partial charge in [-0.1, -0.05) is 19.9 Å². The summed E-state index contributed by atoms with van der Waals surface area (Å²) in [4.78, 5) is 26.9. The predicted octanol–water partition coefficient (Wildman–Crippen LogP) is 3.66. The normalized spacial score (nSPS) is 16.5. The van der Waals surface area contributed by atoms with Crippen LogP contribution in [0.4, 0.5) is 19.1 Å². The van der Waals surface area contributed by atoms with Gasteiger partial charge in [0.1, 0.15) is 0 Å². The van der Waals surface area contributed by atoms with E-state index < -0.39 is 40.1 Å². The molecule has 2 atom stereocenters. The minimum Gasteiger partial charge on any atom is -0.394 e. The van der Waals surface area contributed by atoms with Crippen molar-refractivity contribution in [3.63, 3.8) is 0 Å². The summed E-state index contributed by atoms with van der Waals surface area (Å²) in [7, 11) is -3.44. The zero-order chi connectivity index (χ0) is 28.4. The van der Waals surface area contributed by atoms with E-state index >= 15 is 0 Å². The number of rotatable bonds is 8. The third-order valence-corrected chi connectivity index (χ3v) is 8.45. The van der Waals surface area contributed by atoms with E-state index in [0.29, 0.717) is 24.3 Å². The minimum atomic E-state index is -4.53. The van der Waals surface area contributed by atoms with Crippen LogP contribution < -0.4 is 10.2 Å². The summed E-state index contributed by atoms with van der Waals surface area (Å²) in [5, 5.41) is 12.6. The molecule has 0 aliphatic carbocycles. The number of fused-ring (bicyclic) bond motifs is 1. The van der Waals surface area contributed by atoms with Gasteiger partial charge in [0.05, 0.1) is 34.6 Å². The van der Waals surface area contributed by atoms with Crippen molar-refractivity contribution in [3.05, 3.63) is 76.9 Å². The number of hydrogen-bond donors (Lipinski definition) is 2. The molecule has 0 spiro atoms. The van der Waals surface area contributed by atoms with Crippen molar-refractivity contribution >= 4 is 21.7 Å². The molecule has 0 saturated carbocycles. The van der Waals surface area contributed by atoms with Gasteiger partial charge >= 0.3 is 6.18 Å². The van der Waals surface area contributed by atoms with Gasteiger partial charge in [0.2, 0.25) is 5.95 Å². The standard InChI is InChI=1S/C26H28F3N5O4S/c1-3-16-13-34(25-31-10-19(11-32-25)26(27,28)29)14-18-9-17(5-7-21(16)18)24(36)33-23(15-35)22-8-6-20(12-30-22)39(37,38)4-2/h5-12,16,23,35H,3-4,13-15H2,1-2H3,(H,33,36)/t16?,23-/m0/s1. The molecular weight excluding hydrogens is 535 g/mol. The fraction of sp³-hybridized carbons (Fsp3) is 0.385. The van der Waals surface area contributed by atoms with Gasteiger partial charge in [-0.25, -0.2) is 18.4 Å². The molecule has 1 unspecified atom stereocenters. The Morgan fingerprint density at radius 2 is 1.85 bits per heavy atom. The lowest BCUT2D eigenvalue weighted by molar-refractivity contribution is -0.138. The van der Waals surface area contributed by atoms with Crippen molar-refractivity contribution in [2.24, 2.45) is 0 Å². The van der Waals surface area contributed by atoms with E-state index in [2.05, 4.69) is 20.3 Å². The number of halogens is 3. The summed E-state index contributed by atoms with van der Waals surface area (Å²) < 4.78 is 62.8. The van der Waals surface area contributed by atoms with Gasteiger partial charge in [0, 0.05) is 43.2 Å². The molecule has 3 heterocycles. The number of hydrogen-bond acceptors (Lipinski definition) is 8. The molecule has 1 aliphatic rings. The first-order valence-electron chi connectivity index (χ1n) is 12.3. The van der Waals surface area contributed by atoms with Crippen LogP contribution in [-0.2, 0) is 22.6 Å². The highest BCUT2D eigenvalue weighted by molar-refractivity contribution is 7.91. The van der Waals surface area contributed by atoms with Gasteiger partial charge in [0.25, 0.3) is 5.91 Å². The third kappa shape index (κ3) is 6.19. The monoisotopic (exact) mass is 563 g/mol. The number of aromatic nitrogens is 3. The van der Waals surface area contributed by atoms with Gasteiger partial charge < -0.3 is 15.3 Å². The second-order valence-corrected chi connectivity index (χ2v) is 11.5. The smallest absolute Gasteiger partial charge is 0.394 e. The third-order valence-electron chi connectivity index (χ3n) is 6.73. The molecule has 1 aromatic carbocycles. The van der Waals surface area contributed by atoms with E-state index in [9.17, 15) is 31.5 Å². The van der Waals surface area contributed by atoms with Gasteiger partial charge in [-0.3, -0.25) is 9.78 Å². The number of alkyl halides is 3. The summed E-state index contributed by atoms with van der Waals surface area (Å²) >= 11 is 0. The zero-order valence-electron chi connectivity index (χ0n) is 21.3. The topological polar surface area (TPSA) is 125 Å². The van der Waals surface area contributed by atoms with Crippen LogP contribution >= 0.6 is 0 Å². The molecule has 0 bridgehead atoms. The predicted molar refractivity (Wildman–Crippen MR) is 137 cm³/mol. The summed E-state index contributed by atoms with van der Waals surface area (Å²) in [5.74, 6) is -0.320. The maximum absolute atomic E-state index is 13.1. The number of carbonyl (C=O) groups excluding carboxylic acids is 1. The average Bonchev–Trinajstić information content (AvgIpc) is 2.94. The van der Waals surface area contributed by atoms with Crippen LogP contribution in [0.3, 0.4) is 0 Å². The lowest BCUT2D eigenvalue weighted by Gasteiger charge is -2.34. The first kappa shape index (κ1) is 28.4. The molecule has 3 aromatic rings. The van der Waals surface area contributed by atoms with Crippen LogP contribution in [0.2, 0.25) is 0 Å². The van der Waals surface area contributed by atoms with E-state index in [1.54, 1.807) is 17.0 Å². The molecule has 1 amide bonds. The molecular formula is C26H28F3N5O4S. The Bertz CT molecular complexity index is 1430. The Labute approximate surface area is 224 Å². The minimum absolute atomic E-state index is 0.0542. The largest absolute Gasteiger partial charge is 0.419 e. The van der Waals surface area contributed by atoms with E-state index in [-0.39, 0.29) is 22.5 Å². The van der Waals surface area contributed by atoms with E-state index in [1.807, 2.05) is 13.0 Å². The Morgan fingerprint density at radius 1 is 1.13 bits per heavy atom. The van der Waals surface area contributed by atoms with Gasteiger partial charge in [0.15, 0.2) is 9.84 Å². The van der Waals surface area contributed by atoms with Crippen molar-refractivity contribution < 1.29 is 31.5 Å². The molecule has 39 heavy (non-hydrogen) atoms. The van der Waals surface area contributed by atoms with E-state index in [0.717, 1.165) is 29.9 Å². The van der Waals surface area contributed by atoms with Crippen LogP contribution in [0, 0.1) is 0 Å². The van der Waals surface area contributed by atoms with Crippen molar-refractivity contribution in [2.75, 3.05) is 23.8 Å². The van der Waals surface area contributed by atoms with Crippen molar-refractivity contribution in [1.29, 1.82) is 0 Å². The first-order valence-corrected chi connectivity index (χ1v) is 14.0. The maximum Gasteiger partial charge on any atom is 0.419 e. The molecule has 2 N–H and O–H groups in total. The number of aliphatic hydroxyl groups is 1. The molecule has 1 aliphatic heterocycles. The highest BCUT2D eigenvalue weighted by Gasteiger charge is 2.32. The SMILES string of the molecule is CCC1CN(c2ncc(C(F)(F)F)cn2)Cc2cc(C(=O)N[C@@H](CO)c3ccc(S(=O)(=O)CC)cn3)ccc21. The number of nitrogens with zero attached hydrogens (tertiary/aromatic N) is 4. The number of carbonyl (C=O) groups is 1. The molecule has 2 aromatic heterocycles. The molecule has 4 rings (SSSR count). The van der Waals surface area contributed by atoms with Crippen LogP contribution in [0.1, 0.15) is 65.0 Å². The van der Waals surface area contributed by atoms with Crippen LogP contribution in [0.5, 0.6) is 0 Å². The van der Waals surface area contributed by atoms with Crippen LogP contribution in [0.15, 0.2) is 53.8 Å². The van der Waals surface area contributed by atoms with Crippen LogP contribution in [0.25, 0.3) is 0 Å². The number of aliphatic hydroxyl groups excluding tert-OH is 1. The molecule has 13 heteroatoms. The molecule has 0 saturated heterocycles. The Balaban J connectivity index is 1.54. The molecule has 208 valence electrons. The van der Waals surface area contributed by atoms with Crippen molar-refractivity contribution in [3.8, 4) is 0 Å². The van der Waals surface area contributed by atoms with Gasteiger partial charge in [-0.15, -0.1) is 0 Å². The maximum atomic E-state index is 13.1. The average molecular weight is 564 g/mol. The number of amides is 1. The quantitative estimate of drug-likeness (QED) is 0.426. The summed E-state index contributed by atoms with van der Waals surface area (Å²) in [6.45, 7) is 3.89. The Morgan fingerprint density at radius 3 is 2.41 bits per heavy atom. The number of nitrogens with one attached hydrogen (secondary N) is 1. The fourth-order valence-corrected chi connectivity index (χ4v) is 5.27. The Kier molecular flexibility index (Phi) is 8.21. The highest BCUT2D eigenvalue weighted by Crippen LogP contribution is 2.34. The zero-order valence-corrected chi connectivity index (χ0v) is 22.1. The lowest BCUT2D eigenvalue weighted by atomic mass is 9.87. The van der Waals surface area contributed by atoms with E-state index in [4.69, 9.17) is 0 Å². The number of sulfone groups is 1. The summed E-state index contributed by atoms with van der Waals surface area (Å²) in [6.07, 6.45) is -1.05. The molecule has 9 nitrogen and oxygen atoms in total. The van der Waals surface area contributed by atoms with Crippen molar-refractivity contribution in [1.82, 2.24) is 20.3 Å². The molecule has 0 fully saturated rings. The summed E-state index contributed by atoms with van der Waals surface area (Å²) in [5.41, 5.74) is 1.55. The van der Waals surface area contributed by atoms with Crippen molar-refractivity contribution in [2.45, 2.75) is 49.8 Å². The second kappa shape index (κ2) is 11.3. The van der Waals surface area contributed by atoms with Gasteiger partial charge in [-0.2, -0.15) is 13.2 Å². The fourth-order valence-electron chi connectivity index (χ4n) is 4.45. The Hall–Kier alpha value is -3.58. The van der Waals surface area contributed by atoms with Crippen LogP contribution in [-0.4, -0.2) is 53.3 Å². The highest BCUT2D eigenvalue weighted by atomic mass is 32.2. The second-order valence-electron chi connectivity index (χ2n) is 9.20. The first-order chi connectivity index (χ1) is 18.5. The number of anilines is 1. The number of benzene rings is 1.